The lowest BCUT2D eigenvalue weighted by Gasteiger charge is -2.44. The normalized spacial score (nSPS) is 22.2. The van der Waals surface area contributed by atoms with Crippen molar-refractivity contribution in [3.63, 3.8) is 0 Å². The SMILES string of the molecule is CON=C(C(=O)N[C@@H]1C(=O)C2=C(COO)C(CSC(=O)c3ccco3)CS[C@@H]21)c1csc(N)n1. The molecule has 1 aliphatic carbocycles. The van der Waals surface area contributed by atoms with Crippen LogP contribution in [0.5, 0.6) is 0 Å². The number of nitrogens with zero attached hydrogens (tertiary/aromatic N) is 2. The van der Waals surface area contributed by atoms with Crippen LogP contribution in [-0.4, -0.2) is 69.3 Å². The molecular formula is C20H20N4O7S3. The molecule has 1 saturated carbocycles. The molecule has 14 heteroatoms. The Bertz CT molecular complexity index is 1140. The molecule has 2 aliphatic rings. The maximum Gasteiger partial charge on any atom is 0.276 e. The molecule has 3 heterocycles. The highest BCUT2D eigenvalue weighted by atomic mass is 32.2. The summed E-state index contributed by atoms with van der Waals surface area (Å²) >= 11 is 3.72. The molecule has 11 nitrogen and oxygen atoms in total. The number of amides is 1. The van der Waals surface area contributed by atoms with Gasteiger partial charge in [0.2, 0.25) is 0 Å². The van der Waals surface area contributed by atoms with Gasteiger partial charge in [-0.3, -0.25) is 19.6 Å². The number of carbonyl (C=O) groups is 3. The van der Waals surface area contributed by atoms with Crippen LogP contribution in [0.15, 0.2) is 44.5 Å². The Morgan fingerprint density at radius 3 is 2.94 bits per heavy atom. The number of nitrogens with one attached hydrogen (secondary N) is 1. The predicted molar refractivity (Wildman–Crippen MR) is 128 cm³/mol. The first-order chi connectivity index (χ1) is 16.4. The van der Waals surface area contributed by atoms with Gasteiger partial charge in [-0.25, -0.2) is 9.87 Å². The number of fused-ring (bicyclic) bond motifs is 1. The number of thioether (sulfide) groups is 2. The fourth-order valence-electron chi connectivity index (χ4n) is 3.68. The van der Waals surface area contributed by atoms with Crippen molar-refractivity contribution in [1.29, 1.82) is 0 Å². The molecule has 34 heavy (non-hydrogen) atoms. The van der Waals surface area contributed by atoms with E-state index in [1.165, 1.54) is 25.1 Å². The molecular weight excluding hydrogens is 504 g/mol. The summed E-state index contributed by atoms with van der Waals surface area (Å²) in [5.41, 5.74) is 6.92. The molecule has 2 aromatic heterocycles. The number of nitrogens with two attached hydrogens (primary N) is 1. The van der Waals surface area contributed by atoms with Crippen LogP contribution in [0, 0.1) is 5.92 Å². The third-order valence-corrected chi connectivity index (χ3v) is 8.43. The second-order valence-electron chi connectivity index (χ2n) is 7.25. The van der Waals surface area contributed by atoms with Crippen molar-refractivity contribution < 1.29 is 33.8 Å². The number of hydrogen-bond acceptors (Lipinski definition) is 13. The molecule has 4 rings (SSSR count). The molecule has 1 amide bonds. The summed E-state index contributed by atoms with van der Waals surface area (Å²) in [6.45, 7) is -0.159. The van der Waals surface area contributed by atoms with Crippen LogP contribution in [0.4, 0.5) is 5.13 Å². The molecule has 0 spiro atoms. The number of aromatic nitrogens is 1. The zero-order valence-electron chi connectivity index (χ0n) is 17.8. The average molecular weight is 525 g/mol. The van der Waals surface area contributed by atoms with E-state index in [1.807, 2.05) is 0 Å². The van der Waals surface area contributed by atoms with Gasteiger partial charge in [0.15, 0.2) is 22.4 Å². The van der Waals surface area contributed by atoms with Crippen LogP contribution in [-0.2, 0) is 19.3 Å². The van der Waals surface area contributed by atoms with Gasteiger partial charge in [0.1, 0.15) is 25.5 Å². The summed E-state index contributed by atoms with van der Waals surface area (Å²) in [5.74, 6) is 0.147. The van der Waals surface area contributed by atoms with Gasteiger partial charge in [0, 0.05) is 28.4 Å². The third kappa shape index (κ3) is 4.90. The fourth-order valence-corrected chi connectivity index (χ4v) is 6.88. The van der Waals surface area contributed by atoms with Gasteiger partial charge < -0.3 is 20.3 Å². The maximum atomic E-state index is 13.0. The second-order valence-corrected chi connectivity index (χ2v) is 10.3. The topological polar surface area (TPSA) is 166 Å². The van der Waals surface area contributed by atoms with Crippen molar-refractivity contribution in [3.8, 4) is 0 Å². The monoisotopic (exact) mass is 524 g/mol. The van der Waals surface area contributed by atoms with Crippen molar-refractivity contribution in [2.24, 2.45) is 11.1 Å². The Balaban J connectivity index is 1.46. The van der Waals surface area contributed by atoms with Crippen molar-refractivity contribution in [1.82, 2.24) is 10.3 Å². The lowest BCUT2D eigenvalue weighted by atomic mass is 9.77. The first-order valence-electron chi connectivity index (χ1n) is 9.93. The Hall–Kier alpha value is -2.65. The van der Waals surface area contributed by atoms with Gasteiger partial charge in [-0.2, -0.15) is 11.8 Å². The molecule has 0 aromatic carbocycles. The highest BCUT2D eigenvalue weighted by molar-refractivity contribution is 8.14. The largest absolute Gasteiger partial charge is 0.460 e. The zero-order valence-corrected chi connectivity index (χ0v) is 20.2. The maximum absolute atomic E-state index is 13.0. The summed E-state index contributed by atoms with van der Waals surface area (Å²) < 4.78 is 5.12. The Morgan fingerprint density at radius 2 is 2.29 bits per heavy atom. The van der Waals surface area contributed by atoms with Gasteiger partial charge >= 0.3 is 0 Å². The first-order valence-corrected chi connectivity index (χ1v) is 12.8. The molecule has 3 atom stereocenters. The lowest BCUT2D eigenvalue weighted by molar-refractivity contribution is -0.235. The minimum Gasteiger partial charge on any atom is -0.460 e. The number of ketones is 1. The van der Waals surface area contributed by atoms with Crippen molar-refractivity contribution in [2.45, 2.75) is 11.3 Å². The summed E-state index contributed by atoms with van der Waals surface area (Å²) in [5, 5.41) is 16.8. The molecule has 2 aromatic rings. The van der Waals surface area contributed by atoms with Crippen LogP contribution in [0.1, 0.15) is 16.2 Å². The van der Waals surface area contributed by atoms with Crippen LogP contribution >= 0.6 is 34.9 Å². The first kappa shape index (κ1) is 24.5. The molecule has 4 N–H and O–H groups in total. The summed E-state index contributed by atoms with van der Waals surface area (Å²) in [4.78, 5) is 51.3. The van der Waals surface area contributed by atoms with E-state index in [9.17, 15) is 14.4 Å². The van der Waals surface area contributed by atoms with E-state index in [2.05, 4.69) is 20.3 Å². The minimum absolute atomic E-state index is 0.0916. The van der Waals surface area contributed by atoms with E-state index in [4.69, 9.17) is 20.2 Å². The van der Waals surface area contributed by atoms with E-state index >= 15 is 0 Å². The second kappa shape index (κ2) is 10.7. The number of Topliss-reactive ketones (excluding diaryl/α,β-unsaturated/α-hetero) is 1. The molecule has 1 unspecified atom stereocenters. The molecule has 1 aliphatic heterocycles. The van der Waals surface area contributed by atoms with Crippen LogP contribution in [0.2, 0.25) is 0 Å². The van der Waals surface area contributed by atoms with Crippen LogP contribution in [0.25, 0.3) is 0 Å². The molecule has 180 valence electrons. The molecule has 0 saturated heterocycles. The number of nitrogen functional groups attached to an aromatic ring is 1. The summed E-state index contributed by atoms with van der Waals surface area (Å²) in [6, 6.07) is 2.44. The average Bonchev–Trinajstić information content (AvgIpc) is 3.51. The number of oxime groups is 1. The number of thiazole rings is 1. The van der Waals surface area contributed by atoms with E-state index in [-0.39, 0.29) is 51.0 Å². The van der Waals surface area contributed by atoms with Crippen LogP contribution < -0.4 is 11.1 Å². The number of carbonyl (C=O) groups excluding carboxylic acids is 3. The predicted octanol–water partition coefficient (Wildman–Crippen LogP) is 1.83. The van der Waals surface area contributed by atoms with Gasteiger partial charge in [-0.1, -0.05) is 16.9 Å². The molecule has 1 fully saturated rings. The summed E-state index contributed by atoms with van der Waals surface area (Å²) in [7, 11) is 1.30. The zero-order chi connectivity index (χ0) is 24.2. The van der Waals surface area contributed by atoms with Crippen molar-refractivity contribution in [3.05, 3.63) is 46.4 Å². The standard InChI is InChI=1S/C20H20N4O7S3/c1-29-24-14(11-8-34-20(21)22-11)18(26)23-15-16(25)13-10(5-31-28)9(6-32-17(13)15)7-33-19(27)12-3-2-4-30-12/h2-4,8-9,15,17,28H,5-7H2,1H3,(H2,21,22)(H,23,26)/t9?,15-,17+/m1/s1. The Morgan fingerprint density at radius 1 is 1.47 bits per heavy atom. The molecule has 0 radical (unpaired) electrons. The minimum atomic E-state index is -0.780. The van der Waals surface area contributed by atoms with E-state index < -0.39 is 11.9 Å². The summed E-state index contributed by atoms with van der Waals surface area (Å²) in [6.07, 6.45) is 1.43. The third-order valence-electron chi connectivity index (χ3n) is 5.26. The number of anilines is 1. The van der Waals surface area contributed by atoms with Gasteiger partial charge in [-0.15, -0.1) is 11.3 Å². The van der Waals surface area contributed by atoms with E-state index in [0.717, 1.165) is 23.1 Å². The number of furan rings is 1. The smallest absolute Gasteiger partial charge is 0.276 e. The Labute approximate surface area is 206 Å². The van der Waals surface area contributed by atoms with Crippen molar-refractivity contribution in [2.75, 3.05) is 31.0 Å². The van der Waals surface area contributed by atoms with Gasteiger partial charge in [0.05, 0.1) is 11.5 Å². The highest BCUT2D eigenvalue weighted by Crippen LogP contribution is 2.45. The van der Waals surface area contributed by atoms with E-state index in [0.29, 0.717) is 22.7 Å². The quantitative estimate of drug-likeness (QED) is 0.249. The Kier molecular flexibility index (Phi) is 7.73. The van der Waals surface area contributed by atoms with Crippen molar-refractivity contribution >= 4 is 62.5 Å². The lowest BCUT2D eigenvalue weighted by Crippen LogP contribution is -2.61. The van der Waals surface area contributed by atoms with E-state index in [1.54, 1.807) is 17.5 Å². The van der Waals surface area contributed by atoms with Gasteiger partial charge in [0.25, 0.3) is 11.0 Å². The van der Waals surface area contributed by atoms with Gasteiger partial charge in [-0.05, 0) is 17.7 Å². The fraction of sp³-hybridized carbons (Fsp3) is 0.350. The number of rotatable bonds is 9. The number of hydrogen-bond donors (Lipinski definition) is 3. The molecule has 0 bridgehead atoms. The highest BCUT2D eigenvalue weighted by Gasteiger charge is 2.51. The van der Waals surface area contributed by atoms with Crippen LogP contribution in [0.3, 0.4) is 0 Å².